The average molecular weight is 528 g/mol. The van der Waals surface area contributed by atoms with Gasteiger partial charge in [0.2, 0.25) is 0 Å². The Morgan fingerprint density at radius 3 is 2.17 bits per heavy atom. The second-order valence-electron chi connectivity index (χ2n) is 10.5. The molecular formula is C38H26NP. The predicted octanol–water partition coefficient (Wildman–Crippen LogP) is 8.55. The van der Waals surface area contributed by atoms with Crippen molar-refractivity contribution in [1.29, 1.82) is 0 Å². The summed E-state index contributed by atoms with van der Waals surface area (Å²) in [6.07, 6.45) is 13.6. The fourth-order valence-electron chi connectivity index (χ4n) is 6.35. The minimum absolute atomic E-state index is 0.0812. The van der Waals surface area contributed by atoms with Gasteiger partial charge in [-0.1, -0.05) is 142 Å². The minimum atomic E-state index is 0.0812. The van der Waals surface area contributed by atoms with Gasteiger partial charge in [-0.25, -0.2) is 0 Å². The average Bonchev–Trinajstić information content (AvgIpc) is 3.34. The third-order valence-corrected chi connectivity index (χ3v) is 9.52. The summed E-state index contributed by atoms with van der Waals surface area (Å²) < 4.78 is 0. The number of hydrogen-bond donors (Lipinski definition) is 0. The van der Waals surface area contributed by atoms with Crippen molar-refractivity contribution < 1.29 is 0 Å². The summed E-state index contributed by atoms with van der Waals surface area (Å²) >= 11 is 0. The first-order valence-electron chi connectivity index (χ1n) is 13.8. The van der Waals surface area contributed by atoms with Crippen LogP contribution in [0.1, 0.15) is 34.2 Å². The molecule has 2 aliphatic heterocycles. The van der Waals surface area contributed by atoms with Gasteiger partial charge in [0.25, 0.3) is 0 Å². The Balaban J connectivity index is 1.42. The fraction of sp³-hybridized carbons (Fsp3) is 0.0526. The maximum Gasteiger partial charge on any atom is 0.0681 e. The Morgan fingerprint density at radius 1 is 0.600 bits per heavy atom. The van der Waals surface area contributed by atoms with Gasteiger partial charge in [-0.15, -0.1) is 0 Å². The van der Waals surface area contributed by atoms with Gasteiger partial charge >= 0.3 is 0 Å². The molecule has 40 heavy (non-hydrogen) atoms. The lowest BCUT2D eigenvalue weighted by Gasteiger charge is -2.18. The summed E-state index contributed by atoms with van der Waals surface area (Å²) in [5.41, 5.74) is 8.87. The maximum absolute atomic E-state index is 5.53. The van der Waals surface area contributed by atoms with Crippen LogP contribution in [0.25, 0.3) is 44.6 Å². The van der Waals surface area contributed by atoms with Crippen molar-refractivity contribution in [2.45, 2.75) is 11.8 Å². The molecule has 4 aliphatic rings. The van der Waals surface area contributed by atoms with Gasteiger partial charge in [-0.2, -0.15) is 0 Å². The lowest BCUT2D eigenvalue weighted by atomic mass is 9.85. The lowest BCUT2D eigenvalue weighted by molar-refractivity contribution is 0.918. The molecule has 4 aromatic carbocycles. The summed E-state index contributed by atoms with van der Waals surface area (Å²) in [7, 11) is 1.25. The van der Waals surface area contributed by atoms with Crippen LogP contribution in [0.5, 0.6) is 0 Å². The van der Waals surface area contributed by atoms with Gasteiger partial charge in [0.1, 0.15) is 0 Å². The molecule has 8 rings (SSSR count). The minimum Gasteiger partial charge on any atom is -0.251 e. The van der Waals surface area contributed by atoms with Gasteiger partial charge < -0.3 is 0 Å². The van der Waals surface area contributed by atoms with Crippen molar-refractivity contribution in [3.63, 3.8) is 0 Å². The van der Waals surface area contributed by atoms with E-state index in [2.05, 4.69) is 146 Å². The van der Waals surface area contributed by atoms with E-state index in [0.29, 0.717) is 0 Å². The van der Waals surface area contributed by atoms with Crippen LogP contribution in [-0.2, 0) is 0 Å². The number of hydrogen-bond acceptors (Lipinski definition) is 1. The second-order valence-corrected chi connectivity index (χ2v) is 11.7. The molecule has 2 heteroatoms. The first-order valence-corrected chi connectivity index (χ1v) is 14.7. The summed E-state index contributed by atoms with van der Waals surface area (Å²) in [6, 6.07) is 39.4. The molecule has 0 aromatic heterocycles. The van der Waals surface area contributed by atoms with E-state index in [-0.39, 0.29) is 11.8 Å². The van der Waals surface area contributed by atoms with E-state index in [4.69, 9.17) is 4.98 Å². The molecule has 0 N–H and O–H groups in total. The van der Waals surface area contributed by atoms with E-state index in [0.717, 1.165) is 11.0 Å². The molecule has 0 fully saturated rings. The number of nitrogens with zero attached hydrogens (tertiary/aromatic N) is 1. The molecule has 0 amide bonds. The fourth-order valence-corrected chi connectivity index (χ4v) is 7.72. The molecule has 0 spiro atoms. The van der Waals surface area contributed by atoms with Gasteiger partial charge in [0, 0.05) is 33.0 Å². The van der Waals surface area contributed by atoms with Gasteiger partial charge in [-0.3, -0.25) is 4.98 Å². The highest BCUT2D eigenvalue weighted by Crippen LogP contribution is 2.46. The highest BCUT2D eigenvalue weighted by atomic mass is 31.0. The molecule has 188 valence electrons. The summed E-state index contributed by atoms with van der Waals surface area (Å²) in [5.74, 6) is 0.239. The highest BCUT2D eigenvalue weighted by Gasteiger charge is 2.28. The Labute approximate surface area is 235 Å². The van der Waals surface area contributed by atoms with Crippen molar-refractivity contribution in [3.8, 4) is 22.0 Å². The van der Waals surface area contributed by atoms with Crippen molar-refractivity contribution in [3.05, 3.63) is 166 Å². The van der Waals surface area contributed by atoms with Gasteiger partial charge in [0.05, 0.1) is 11.0 Å². The zero-order valence-electron chi connectivity index (χ0n) is 21.9. The van der Waals surface area contributed by atoms with E-state index in [1.54, 1.807) is 0 Å². The second kappa shape index (κ2) is 9.56. The topological polar surface area (TPSA) is 12.9 Å². The zero-order chi connectivity index (χ0) is 26.5. The molecule has 4 aromatic rings. The van der Waals surface area contributed by atoms with Crippen LogP contribution in [0.15, 0.2) is 133 Å². The molecule has 0 saturated carbocycles. The van der Waals surface area contributed by atoms with Crippen molar-refractivity contribution in [1.82, 2.24) is 4.98 Å². The largest absolute Gasteiger partial charge is 0.251 e. The monoisotopic (exact) mass is 527 g/mol. The third-order valence-electron chi connectivity index (χ3n) is 8.20. The first-order chi connectivity index (χ1) is 19.8. The van der Waals surface area contributed by atoms with Crippen LogP contribution in [0.2, 0.25) is 0 Å². The number of fused-ring (bicyclic) bond motifs is 7. The Hall–Kier alpha value is -4.58. The van der Waals surface area contributed by atoms with E-state index in [1.165, 1.54) is 62.6 Å². The lowest BCUT2D eigenvalue weighted by Crippen LogP contribution is -2.22. The number of aromatic nitrogens is 1. The van der Waals surface area contributed by atoms with Gasteiger partial charge in [-0.05, 0) is 45.3 Å². The van der Waals surface area contributed by atoms with E-state index in [9.17, 15) is 0 Å². The van der Waals surface area contributed by atoms with E-state index >= 15 is 0 Å². The van der Waals surface area contributed by atoms with Crippen LogP contribution >= 0.6 is 8.19 Å². The maximum atomic E-state index is 5.53. The molecule has 2 unspecified atom stereocenters. The summed E-state index contributed by atoms with van der Waals surface area (Å²) in [5, 5.41) is 6.43. The molecule has 2 heterocycles. The third kappa shape index (κ3) is 3.78. The molecule has 2 aliphatic carbocycles. The molecule has 0 bridgehead atoms. The van der Waals surface area contributed by atoms with Crippen LogP contribution < -0.4 is 10.6 Å². The standard InChI is InChI=1S/C38H26NP/c1-3-12-25(13-4-1)27-16-9-17-28(24-27)30-20-10-21-32-37(30)39-33-22-11-19-29(26-14-5-2-6-15-26)35(33)36-31-18-7-8-23-34(31)40-38(32)36/h1-24,29-30H. The number of allylic oxidation sites excluding steroid dienone is 4. The zero-order valence-corrected chi connectivity index (χ0v) is 22.8. The van der Waals surface area contributed by atoms with Crippen molar-refractivity contribution in [2.75, 3.05) is 0 Å². The van der Waals surface area contributed by atoms with Gasteiger partial charge in [0.15, 0.2) is 0 Å². The number of benzene rings is 4. The van der Waals surface area contributed by atoms with E-state index in [1.807, 2.05) is 0 Å². The molecule has 1 nitrogen and oxygen atoms in total. The quantitative estimate of drug-likeness (QED) is 0.225. The first kappa shape index (κ1) is 23.3. The van der Waals surface area contributed by atoms with Crippen molar-refractivity contribution in [2.24, 2.45) is 0 Å². The smallest absolute Gasteiger partial charge is 0.0681 e. The summed E-state index contributed by atoms with van der Waals surface area (Å²) in [6.45, 7) is 0. The summed E-state index contributed by atoms with van der Waals surface area (Å²) in [4.78, 5) is 5.53. The van der Waals surface area contributed by atoms with Crippen molar-refractivity contribution >= 4 is 30.8 Å². The molecule has 0 radical (unpaired) electrons. The number of rotatable bonds is 3. The Kier molecular flexibility index (Phi) is 5.57. The molecular weight excluding hydrogens is 501 g/mol. The normalized spacial score (nSPS) is 17.4. The Morgan fingerprint density at radius 2 is 1.30 bits per heavy atom. The molecule has 0 saturated heterocycles. The molecule has 2 atom stereocenters. The van der Waals surface area contributed by atoms with Crippen LogP contribution in [0.3, 0.4) is 0 Å². The Bertz CT molecular complexity index is 2060. The predicted molar refractivity (Wildman–Crippen MR) is 169 cm³/mol. The SMILES string of the molecule is C1=CC(c2ccccc2)c2c3c4ccccc4pc-3c3c(nc2=C1)C(c1cccc(-c2ccccc2)c1)C=CC=3. The highest BCUT2D eigenvalue weighted by molar-refractivity contribution is 7.41. The van der Waals surface area contributed by atoms with Crippen LogP contribution in [0, 0.1) is 0 Å². The van der Waals surface area contributed by atoms with Crippen LogP contribution in [0.4, 0.5) is 0 Å². The van der Waals surface area contributed by atoms with Crippen LogP contribution in [-0.4, -0.2) is 4.98 Å². The van der Waals surface area contributed by atoms with E-state index < -0.39 is 0 Å².